The molecule has 0 atom stereocenters. The van der Waals surface area contributed by atoms with E-state index in [0.29, 0.717) is 12.4 Å². The molecule has 18 heavy (non-hydrogen) atoms. The third kappa shape index (κ3) is 1.53. The van der Waals surface area contributed by atoms with Crippen molar-refractivity contribution >= 4 is 11.8 Å². The summed E-state index contributed by atoms with van der Waals surface area (Å²) < 4.78 is 6.83. The van der Waals surface area contributed by atoms with Crippen molar-refractivity contribution in [3.05, 3.63) is 12.0 Å². The van der Waals surface area contributed by atoms with E-state index in [1.165, 1.54) is 0 Å². The second-order valence-electron chi connectivity index (χ2n) is 5.95. The van der Waals surface area contributed by atoms with Crippen LogP contribution in [0, 0.1) is 10.8 Å². The van der Waals surface area contributed by atoms with Gasteiger partial charge in [-0.1, -0.05) is 27.7 Å². The Hall–Kier alpha value is -1.52. The Bertz CT molecular complexity index is 474. The summed E-state index contributed by atoms with van der Waals surface area (Å²) in [6, 6.07) is 0.265. The molecule has 0 saturated heterocycles. The molecule has 0 amide bonds. The maximum Gasteiger partial charge on any atom is 0.360 e. The van der Waals surface area contributed by atoms with E-state index in [-0.39, 0.29) is 22.6 Å². The number of nitrogens with two attached hydrogens (primary N) is 1. The highest BCUT2D eigenvalue weighted by atomic mass is 16.5. The quantitative estimate of drug-likeness (QED) is 0.836. The molecule has 1 aliphatic carbocycles. The second kappa shape index (κ2) is 3.73. The third-order valence-electron chi connectivity index (χ3n) is 4.52. The zero-order valence-electron chi connectivity index (χ0n) is 11.7. The van der Waals surface area contributed by atoms with E-state index in [1.54, 1.807) is 13.3 Å². The van der Waals surface area contributed by atoms with Gasteiger partial charge in [0.05, 0.1) is 12.9 Å². The first kappa shape index (κ1) is 12.9. The molecule has 1 heterocycles. The number of imidazole rings is 1. The number of nitrogens with zero attached hydrogens (tertiary/aromatic N) is 2. The number of hydrogen-bond donors (Lipinski definition) is 1. The van der Waals surface area contributed by atoms with E-state index in [1.807, 2.05) is 4.57 Å². The fourth-order valence-electron chi connectivity index (χ4n) is 2.79. The largest absolute Gasteiger partial charge is 0.461 e. The van der Waals surface area contributed by atoms with Gasteiger partial charge in [-0.2, -0.15) is 0 Å². The second-order valence-corrected chi connectivity index (χ2v) is 5.95. The Balaban J connectivity index is 2.31. The normalized spacial score (nSPS) is 20.7. The van der Waals surface area contributed by atoms with Gasteiger partial charge < -0.3 is 15.0 Å². The molecular weight excluding hydrogens is 230 g/mol. The molecule has 5 nitrogen and oxygen atoms in total. The van der Waals surface area contributed by atoms with Crippen molar-refractivity contribution < 1.29 is 9.53 Å². The fraction of sp³-hybridized carbons (Fsp3) is 0.692. The molecule has 5 heteroatoms. The van der Waals surface area contributed by atoms with Gasteiger partial charge in [0.25, 0.3) is 0 Å². The van der Waals surface area contributed by atoms with Gasteiger partial charge in [0, 0.05) is 6.04 Å². The van der Waals surface area contributed by atoms with E-state index in [9.17, 15) is 4.79 Å². The van der Waals surface area contributed by atoms with Crippen molar-refractivity contribution in [3.63, 3.8) is 0 Å². The molecule has 0 spiro atoms. The van der Waals surface area contributed by atoms with Crippen LogP contribution >= 0.6 is 0 Å². The molecule has 1 aromatic heterocycles. The van der Waals surface area contributed by atoms with Gasteiger partial charge in [-0.05, 0) is 17.8 Å². The molecule has 1 saturated carbocycles. The minimum atomic E-state index is -0.454. The first-order valence-electron chi connectivity index (χ1n) is 6.24. The smallest absolute Gasteiger partial charge is 0.360 e. The first-order valence-corrected chi connectivity index (χ1v) is 6.24. The van der Waals surface area contributed by atoms with Crippen LogP contribution in [0.2, 0.25) is 0 Å². The van der Waals surface area contributed by atoms with Gasteiger partial charge in [0.2, 0.25) is 0 Å². The highest BCUT2D eigenvalue weighted by Gasteiger charge is 2.66. The third-order valence-corrected chi connectivity index (χ3v) is 4.52. The molecule has 0 bridgehead atoms. The Morgan fingerprint density at radius 2 is 2.00 bits per heavy atom. The van der Waals surface area contributed by atoms with Crippen LogP contribution in [-0.4, -0.2) is 22.1 Å². The summed E-state index contributed by atoms with van der Waals surface area (Å²) in [5, 5.41) is 0. The van der Waals surface area contributed by atoms with Gasteiger partial charge in [-0.25, -0.2) is 9.78 Å². The van der Waals surface area contributed by atoms with E-state index < -0.39 is 5.97 Å². The average molecular weight is 251 g/mol. The van der Waals surface area contributed by atoms with Gasteiger partial charge in [0.1, 0.15) is 5.82 Å². The Morgan fingerprint density at radius 3 is 2.44 bits per heavy atom. The summed E-state index contributed by atoms with van der Waals surface area (Å²) in [6.07, 6.45) is 1.64. The number of esters is 1. The first-order chi connectivity index (χ1) is 8.25. The lowest BCUT2D eigenvalue weighted by atomic mass is 10.0. The van der Waals surface area contributed by atoms with Crippen LogP contribution in [-0.2, 0) is 4.74 Å². The molecule has 2 rings (SSSR count). The van der Waals surface area contributed by atoms with Crippen LogP contribution in [0.4, 0.5) is 5.82 Å². The zero-order valence-corrected chi connectivity index (χ0v) is 11.7. The van der Waals surface area contributed by atoms with Crippen LogP contribution < -0.4 is 5.73 Å². The number of hydrogen-bond acceptors (Lipinski definition) is 4. The molecule has 0 radical (unpaired) electrons. The van der Waals surface area contributed by atoms with Crippen LogP contribution in [0.3, 0.4) is 0 Å². The van der Waals surface area contributed by atoms with Crippen molar-refractivity contribution in [2.24, 2.45) is 10.8 Å². The minimum Gasteiger partial charge on any atom is -0.461 e. The predicted molar refractivity (Wildman–Crippen MR) is 69.2 cm³/mol. The lowest BCUT2D eigenvalue weighted by Crippen LogP contribution is -2.10. The molecule has 0 unspecified atom stereocenters. The highest BCUT2D eigenvalue weighted by Crippen LogP contribution is 2.71. The monoisotopic (exact) mass is 251 g/mol. The maximum atomic E-state index is 11.7. The number of rotatable bonds is 3. The van der Waals surface area contributed by atoms with E-state index in [0.717, 1.165) is 0 Å². The van der Waals surface area contributed by atoms with Gasteiger partial charge >= 0.3 is 5.97 Å². The Labute approximate surface area is 107 Å². The lowest BCUT2D eigenvalue weighted by molar-refractivity contribution is 0.0521. The molecule has 1 fully saturated rings. The van der Waals surface area contributed by atoms with Crippen LogP contribution in [0.5, 0.6) is 0 Å². The molecular formula is C13H21N3O2. The molecule has 0 aliphatic heterocycles. The maximum absolute atomic E-state index is 11.7. The summed E-state index contributed by atoms with van der Waals surface area (Å²) in [4.78, 5) is 15.8. The molecule has 2 N–H and O–H groups in total. The zero-order chi connectivity index (χ0) is 13.7. The number of carbonyl (C=O) groups is 1. The predicted octanol–water partition coefficient (Wildman–Crippen LogP) is 2.25. The number of aromatic nitrogens is 2. The van der Waals surface area contributed by atoms with Crippen molar-refractivity contribution in [1.82, 2.24) is 9.55 Å². The number of anilines is 1. The van der Waals surface area contributed by atoms with Crippen molar-refractivity contribution in [1.29, 1.82) is 0 Å². The fourth-order valence-corrected chi connectivity index (χ4v) is 2.79. The summed E-state index contributed by atoms with van der Waals surface area (Å²) >= 11 is 0. The Kier molecular flexibility index (Phi) is 2.68. The summed E-state index contributed by atoms with van der Waals surface area (Å²) in [7, 11) is 0. The standard InChI is InChI=1S/C13H21N3O2/c1-6-18-10(17)8-9(14)16(7-15-8)11-12(2,3)13(11,4)5/h7,11H,6,14H2,1-5H3. The van der Waals surface area contributed by atoms with E-state index in [2.05, 4.69) is 32.7 Å². The summed E-state index contributed by atoms with van der Waals surface area (Å²) in [5.74, 6) is -0.0536. The molecule has 1 aromatic rings. The lowest BCUT2D eigenvalue weighted by Gasteiger charge is -2.07. The van der Waals surface area contributed by atoms with E-state index in [4.69, 9.17) is 10.5 Å². The van der Waals surface area contributed by atoms with Gasteiger partial charge in [-0.15, -0.1) is 0 Å². The summed E-state index contributed by atoms with van der Waals surface area (Å²) in [6.45, 7) is 10.9. The van der Waals surface area contributed by atoms with E-state index >= 15 is 0 Å². The van der Waals surface area contributed by atoms with Crippen LogP contribution in [0.15, 0.2) is 6.33 Å². The molecule has 100 valence electrons. The van der Waals surface area contributed by atoms with Crippen molar-refractivity contribution in [2.45, 2.75) is 40.7 Å². The van der Waals surface area contributed by atoms with Crippen molar-refractivity contribution in [3.8, 4) is 0 Å². The van der Waals surface area contributed by atoms with Gasteiger partial charge in [0.15, 0.2) is 5.69 Å². The van der Waals surface area contributed by atoms with Crippen LogP contribution in [0.25, 0.3) is 0 Å². The topological polar surface area (TPSA) is 70.1 Å². The highest BCUT2D eigenvalue weighted by molar-refractivity contribution is 5.92. The average Bonchev–Trinajstić information content (AvgIpc) is 2.57. The van der Waals surface area contributed by atoms with Crippen LogP contribution in [0.1, 0.15) is 51.1 Å². The Morgan fingerprint density at radius 1 is 1.44 bits per heavy atom. The van der Waals surface area contributed by atoms with Crippen molar-refractivity contribution in [2.75, 3.05) is 12.3 Å². The number of nitrogen functional groups attached to an aromatic ring is 1. The summed E-state index contributed by atoms with van der Waals surface area (Å²) in [5.41, 5.74) is 6.53. The number of ether oxygens (including phenoxy) is 1. The molecule has 1 aliphatic rings. The SMILES string of the molecule is CCOC(=O)c1ncn(C2C(C)(C)C2(C)C)c1N. The molecule has 0 aromatic carbocycles. The minimum absolute atomic E-state index is 0.147. The number of carbonyl (C=O) groups excluding carboxylic acids is 1. The van der Waals surface area contributed by atoms with Gasteiger partial charge in [-0.3, -0.25) is 0 Å².